The van der Waals surface area contributed by atoms with E-state index >= 15 is 0 Å². The average Bonchev–Trinajstić information content (AvgIpc) is 2.97. The number of methoxy groups -OCH3 is 1. The van der Waals surface area contributed by atoms with E-state index in [1.165, 1.54) is 7.11 Å². The smallest absolute Gasteiger partial charge is 0.344 e. The van der Waals surface area contributed by atoms with Crippen LogP contribution in [0.3, 0.4) is 0 Å². The molecule has 228 valence electrons. The Hall–Kier alpha value is -2.85. The first kappa shape index (κ1) is 33.4. The van der Waals surface area contributed by atoms with E-state index in [4.69, 9.17) is 23.7 Å². The second-order valence-corrected chi connectivity index (χ2v) is 9.21. The quantitative estimate of drug-likeness (QED) is 0.0827. The molecule has 2 heterocycles. The van der Waals surface area contributed by atoms with Crippen LogP contribution in [-0.2, 0) is 52.4 Å². The van der Waals surface area contributed by atoms with E-state index in [0.29, 0.717) is 32.7 Å². The number of esters is 5. The Morgan fingerprint density at radius 2 is 0.975 bits per heavy atom. The van der Waals surface area contributed by atoms with E-state index in [-0.39, 0.29) is 45.2 Å². The van der Waals surface area contributed by atoms with Crippen LogP contribution < -0.4 is 5.32 Å². The van der Waals surface area contributed by atoms with Gasteiger partial charge in [0.05, 0.1) is 25.9 Å². The van der Waals surface area contributed by atoms with Crippen LogP contribution in [0.4, 0.5) is 0 Å². The van der Waals surface area contributed by atoms with E-state index in [1.807, 2.05) is 0 Å². The Morgan fingerprint density at radius 1 is 0.550 bits per heavy atom. The summed E-state index contributed by atoms with van der Waals surface area (Å²) in [6.45, 7) is 6.88. The Labute approximate surface area is 234 Å². The van der Waals surface area contributed by atoms with Crippen LogP contribution in [0.25, 0.3) is 0 Å². The SMILES string of the molecule is COCCOC(=O)COC(=O)COC(=O)CCN1CCN(CCC(=O)OCOC(=O)CCN2CCNCC2)CC1. The summed E-state index contributed by atoms with van der Waals surface area (Å²) >= 11 is 0. The first-order valence-electron chi connectivity index (χ1n) is 13.5. The van der Waals surface area contributed by atoms with Crippen molar-refractivity contribution in [1.82, 2.24) is 20.0 Å². The molecular weight excluding hydrogens is 532 g/mol. The molecule has 0 aromatic heterocycles. The van der Waals surface area contributed by atoms with E-state index in [2.05, 4.69) is 24.8 Å². The Balaban J connectivity index is 1.44. The van der Waals surface area contributed by atoms with Gasteiger partial charge in [-0.3, -0.25) is 14.4 Å². The molecule has 2 fully saturated rings. The van der Waals surface area contributed by atoms with Gasteiger partial charge in [-0.05, 0) is 0 Å². The van der Waals surface area contributed by atoms with Gasteiger partial charge in [-0.25, -0.2) is 9.59 Å². The van der Waals surface area contributed by atoms with Gasteiger partial charge in [-0.1, -0.05) is 0 Å². The van der Waals surface area contributed by atoms with Crippen LogP contribution in [-0.4, -0.2) is 157 Å². The molecule has 0 amide bonds. The van der Waals surface area contributed by atoms with Crippen molar-refractivity contribution >= 4 is 29.8 Å². The third-order valence-corrected chi connectivity index (χ3v) is 6.26. The van der Waals surface area contributed by atoms with Gasteiger partial charge in [0, 0.05) is 79.1 Å². The topological polar surface area (TPSA) is 162 Å². The Morgan fingerprint density at radius 3 is 1.48 bits per heavy atom. The fraction of sp³-hybridized carbons (Fsp3) is 0.800. The largest absolute Gasteiger partial charge is 0.461 e. The molecule has 0 aliphatic carbocycles. The van der Waals surface area contributed by atoms with Crippen molar-refractivity contribution in [2.24, 2.45) is 0 Å². The van der Waals surface area contributed by atoms with Gasteiger partial charge in [-0.2, -0.15) is 0 Å². The fourth-order valence-electron chi connectivity index (χ4n) is 3.90. The van der Waals surface area contributed by atoms with Crippen LogP contribution in [0.2, 0.25) is 0 Å². The molecule has 0 aromatic rings. The lowest BCUT2D eigenvalue weighted by Gasteiger charge is -2.34. The second-order valence-electron chi connectivity index (χ2n) is 9.21. The standard InChI is InChI=1S/C25H42N4O11/c1-35-16-17-36-24(33)18-38-25(34)19-37-21(30)2-8-28-12-14-29(15-13-28)9-4-23(32)40-20-39-22(31)3-7-27-10-5-26-6-11-27/h26H,2-20H2,1H3. The Kier molecular flexibility index (Phi) is 16.8. The number of hydrogen-bond donors (Lipinski definition) is 1. The maximum atomic E-state index is 12.0. The highest BCUT2D eigenvalue weighted by molar-refractivity contribution is 5.79. The molecule has 0 aromatic carbocycles. The van der Waals surface area contributed by atoms with Gasteiger partial charge in [0.15, 0.2) is 13.2 Å². The van der Waals surface area contributed by atoms with Gasteiger partial charge < -0.3 is 48.4 Å². The molecule has 2 aliphatic heterocycles. The van der Waals surface area contributed by atoms with Crippen molar-refractivity contribution in [3.8, 4) is 0 Å². The molecule has 0 saturated carbocycles. The third-order valence-electron chi connectivity index (χ3n) is 6.26. The molecule has 0 spiro atoms. The molecule has 0 bridgehead atoms. The number of carbonyl (C=O) groups is 5. The van der Waals surface area contributed by atoms with Gasteiger partial charge in [-0.15, -0.1) is 0 Å². The zero-order valence-corrected chi connectivity index (χ0v) is 23.3. The molecule has 40 heavy (non-hydrogen) atoms. The van der Waals surface area contributed by atoms with Gasteiger partial charge >= 0.3 is 29.8 Å². The minimum Gasteiger partial charge on any atom is -0.461 e. The van der Waals surface area contributed by atoms with E-state index < -0.39 is 37.1 Å². The fourth-order valence-corrected chi connectivity index (χ4v) is 3.90. The van der Waals surface area contributed by atoms with Crippen LogP contribution in [0.1, 0.15) is 19.3 Å². The van der Waals surface area contributed by atoms with Crippen LogP contribution >= 0.6 is 0 Å². The maximum Gasteiger partial charge on any atom is 0.344 e. The minimum atomic E-state index is -0.840. The summed E-state index contributed by atoms with van der Waals surface area (Å²) in [5.74, 6) is -2.92. The Bertz CT molecular complexity index is 800. The summed E-state index contributed by atoms with van der Waals surface area (Å²) in [7, 11) is 1.46. The van der Waals surface area contributed by atoms with Crippen molar-refractivity contribution in [2.75, 3.05) is 112 Å². The van der Waals surface area contributed by atoms with E-state index in [9.17, 15) is 24.0 Å². The third kappa shape index (κ3) is 15.7. The number of carbonyl (C=O) groups excluding carboxylic acids is 5. The minimum absolute atomic E-state index is 0.0547. The molecule has 1 N–H and O–H groups in total. The number of hydrogen-bond acceptors (Lipinski definition) is 15. The number of rotatable bonds is 18. The number of ether oxygens (including phenoxy) is 6. The molecule has 15 heteroatoms. The van der Waals surface area contributed by atoms with Crippen molar-refractivity contribution in [2.45, 2.75) is 19.3 Å². The predicted octanol–water partition coefficient (Wildman–Crippen LogP) is -2.00. The summed E-state index contributed by atoms with van der Waals surface area (Å²) in [5.41, 5.74) is 0. The highest BCUT2D eigenvalue weighted by Crippen LogP contribution is 2.05. The van der Waals surface area contributed by atoms with Crippen LogP contribution in [0.5, 0.6) is 0 Å². The van der Waals surface area contributed by atoms with Crippen LogP contribution in [0, 0.1) is 0 Å². The first-order valence-corrected chi connectivity index (χ1v) is 13.5. The molecule has 2 rings (SSSR count). The lowest BCUT2D eigenvalue weighted by Crippen LogP contribution is -2.47. The molecule has 0 atom stereocenters. The van der Waals surface area contributed by atoms with Crippen molar-refractivity contribution < 1.29 is 52.4 Å². The number of nitrogens with zero attached hydrogens (tertiary/aromatic N) is 3. The molecule has 0 unspecified atom stereocenters. The lowest BCUT2D eigenvalue weighted by atomic mass is 10.2. The summed E-state index contributed by atoms with van der Waals surface area (Å²) in [5, 5.41) is 3.25. The zero-order chi connectivity index (χ0) is 29.0. The number of nitrogens with one attached hydrogen (secondary N) is 1. The van der Waals surface area contributed by atoms with Crippen molar-refractivity contribution in [3.63, 3.8) is 0 Å². The number of piperazine rings is 2. The highest BCUT2D eigenvalue weighted by Gasteiger charge is 2.20. The van der Waals surface area contributed by atoms with E-state index in [1.54, 1.807) is 0 Å². The molecule has 15 nitrogen and oxygen atoms in total. The van der Waals surface area contributed by atoms with Gasteiger partial charge in [0.2, 0.25) is 6.79 Å². The predicted molar refractivity (Wildman–Crippen MR) is 138 cm³/mol. The monoisotopic (exact) mass is 574 g/mol. The summed E-state index contributed by atoms with van der Waals surface area (Å²) in [6.07, 6.45) is 0.554. The molecule has 2 aliphatic rings. The molecule has 2 saturated heterocycles. The molecule has 0 radical (unpaired) electrons. The van der Waals surface area contributed by atoms with Crippen molar-refractivity contribution in [1.29, 1.82) is 0 Å². The lowest BCUT2D eigenvalue weighted by molar-refractivity contribution is -0.167. The summed E-state index contributed by atoms with van der Waals surface area (Å²) in [4.78, 5) is 65.0. The maximum absolute atomic E-state index is 12.0. The highest BCUT2D eigenvalue weighted by atomic mass is 16.7. The second kappa shape index (κ2) is 20.1. The summed E-state index contributed by atoms with van der Waals surface area (Å²) in [6, 6.07) is 0. The van der Waals surface area contributed by atoms with Crippen molar-refractivity contribution in [3.05, 3.63) is 0 Å². The van der Waals surface area contributed by atoms with Crippen LogP contribution in [0.15, 0.2) is 0 Å². The molecular formula is C25H42N4O11. The average molecular weight is 575 g/mol. The van der Waals surface area contributed by atoms with E-state index in [0.717, 1.165) is 39.3 Å². The normalized spacial score (nSPS) is 16.6. The first-order chi connectivity index (χ1) is 19.4. The van der Waals surface area contributed by atoms with Gasteiger partial charge in [0.25, 0.3) is 0 Å². The summed E-state index contributed by atoms with van der Waals surface area (Å²) < 4.78 is 29.1. The zero-order valence-electron chi connectivity index (χ0n) is 23.3. The van der Waals surface area contributed by atoms with Gasteiger partial charge in [0.1, 0.15) is 6.61 Å².